The van der Waals surface area contributed by atoms with E-state index in [1.807, 2.05) is 67.5 Å². The molecule has 0 aromatic heterocycles. The van der Waals surface area contributed by atoms with Crippen molar-refractivity contribution in [2.45, 2.75) is 65.5 Å². The van der Waals surface area contributed by atoms with E-state index in [0.717, 1.165) is 5.19 Å². The second-order valence-corrected chi connectivity index (χ2v) is 13.1. The lowest BCUT2D eigenvalue weighted by Crippen LogP contribution is -2.57. The Kier molecular flexibility index (Phi) is 4.89. The van der Waals surface area contributed by atoms with E-state index in [4.69, 9.17) is 0 Å². The third-order valence-corrected chi connectivity index (χ3v) is 9.42. The van der Waals surface area contributed by atoms with Gasteiger partial charge in [-0.05, 0) is 15.3 Å². The van der Waals surface area contributed by atoms with Gasteiger partial charge in [-0.3, -0.25) is 4.79 Å². The van der Waals surface area contributed by atoms with Gasteiger partial charge in [0, 0.05) is 11.5 Å². The Bertz CT molecular complexity index is 490. The third-order valence-electron chi connectivity index (χ3n) is 4.16. The quantitative estimate of drug-likeness (QED) is 0.423. The zero-order valence-corrected chi connectivity index (χ0v) is 15.7. The minimum absolute atomic E-state index is 0.0338. The van der Waals surface area contributed by atoms with Gasteiger partial charge >= 0.3 is 0 Å². The van der Waals surface area contributed by atoms with Crippen molar-refractivity contribution in [3.8, 4) is 0 Å². The molecule has 0 atom stereocenters. The van der Waals surface area contributed by atoms with E-state index < -0.39 is 18.5 Å². The largest absolute Gasteiger partial charge is 0.307 e. The zero-order valence-electron chi connectivity index (χ0n) is 14.7. The lowest BCUT2D eigenvalue weighted by molar-refractivity contribution is 0.0939. The molecule has 0 aliphatic rings. The van der Waals surface area contributed by atoms with Crippen molar-refractivity contribution in [2.75, 3.05) is 0 Å². The van der Waals surface area contributed by atoms with Crippen molar-refractivity contribution >= 4 is 19.4 Å². The molecular weight excluding hydrogens is 279 g/mol. The van der Waals surface area contributed by atoms with Gasteiger partial charge in [-0.15, -0.1) is 0 Å². The SMILES string of the molecule is CC(C)C(=O)c1ccc([Si](F)(C(C)(C)C)C(C)(C)C)cc1. The van der Waals surface area contributed by atoms with Crippen LogP contribution >= 0.6 is 0 Å². The molecule has 3 heteroatoms. The molecule has 0 aliphatic heterocycles. The van der Waals surface area contributed by atoms with Gasteiger partial charge in [0.2, 0.25) is 0 Å². The first-order valence-electron chi connectivity index (χ1n) is 7.66. The number of rotatable bonds is 3. The first kappa shape index (κ1) is 18.1. The predicted molar refractivity (Wildman–Crippen MR) is 91.5 cm³/mol. The van der Waals surface area contributed by atoms with Crippen LogP contribution in [0.2, 0.25) is 10.1 Å². The van der Waals surface area contributed by atoms with Crippen molar-refractivity contribution in [3.05, 3.63) is 29.8 Å². The fraction of sp³-hybridized carbons (Fsp3) is 0.611. The molecule has 0 amide bonds. The Morgan fingerprint density at radius 2 is 1.33 bits per heavy atom. The van der Waals surface area contributed by atoms with Crippen LogP contribution in [0.5, 0.6) is 0 Å². The van der Waals surface area contributed by atoms with Gasteiger partial charge in [0.15, 0.2) is 5.78 Å². The summed E-state index contributed by atoms with van der Waals surface area (Å²) in [6, 6.07) is 7.24. The molecule has 118 valence electrons. The maximum Gasteiger partial charge on any atom is 0.288 e. The summed E-state index contributed by atoms with van der Waals surface area (Å²) in [7, 11) is -3.22. The van der Waals surface area contributed by atoms with Crippen LogP contribution in [-0.4, -0.2) is 14.2 Å². The lowest BCUT2D eigenvalue weighted by atomic mass is 10.0. The first-order chi connectivity index (χ1) is 9.32. The smallest absolute Gasteiger partial charge is 0.288 e. The molecule has 0 bridgehead atoms. The van der Waals surface area contributed by atoms with E-state index in [9.17, 15) is 4.79 Å². The molecule has 0 heterocycles. The number of carbonyl (C=O) groups is 1. The molecule has 1 aromatic rings. The second kappa shape index (κ2) is 5.67. The van der Waals surface area contributed by atoms with Crippen LogP contribution in [0, 0.1) is 5.92 Å². The van der Waals surface area contributed by atoms with Gasteiger partial charge in [0.25, 0.3) is 8.41 Å². The summed E-state index contributed by atoms with van der Waals surface area (Å²) in [6.45, 7) is 15.7. The van der Waals surface area contributed by atoms with Crippen molar-refractivity contribution in [1.82, 2.24) is 0 Å². The van der Waals surface area contributed by atoms with Crippen LogP contribution in [0.4, 0.5) is 4.11 Å². The van der Waals surface area contributed by atoms with Crippen molar-refractivity contribution in [1.29, 1.82) is 0 Å². The summed E-state index contributed by atoms with van der Waals surface area (Å²) < 4.78 is 16.1. The number of benzene rings is 1. The highest BCUT2D eigenvalue weighted by atomic mass is 28.4. The van der Waals surface area contributed by atoms with E-state index in [1.54, 1.807) is 12.1 Å². The van der Waals surface area contributed by atoms with Gasteiger partial charge in [-0.25, -0.2) is 0 Å². The Morgan fingerprint density at radius 3 is 1.62 bits per heavy atom. The van der Waals surface area contributed by atoms with E-state index in [2.05, 4.69) is 0 Å². The molecule has 0 radical (unpaired) electrons. The summed E-state index contributed by atoms with van der Waals surface area (Å²) in [5.74, 6) is 0.0765. The predicted octanol–water partition coefficient (Wildman–Crippen LogP) is 5.25. The average Bonchev–Trinajstić information content (AvgIpc) is 2.34. The van der Waals surface area contributed by atoms with E-state index >= 15 is 4.11 Å². The summed E-state index contributed by atoms with van der Waals surface area (Å²) in [6.07, 6.45) is 0. The third kappa shape index (κ3) is 3.28. The molecule has 0 spiro atoms. The topological polar surface area (TPSA) is 17.1 Å². The Labute approximate surface area is 130 Å². The normalized spacial score (nSPS) is 13.6. The Balaban J connectivity index is 3.34. The fourth-order valence-electron chi connectivity index (χ4n) is 3.19. The maximum atomic E-state index is 16.1. The van der Waals surface area contributed by atoms with Gasteiger partial charge in [0.05, 0.1) is 0 Å². The molecule has 1 nitrogen and oxygen atoms in total. The number of ketones is 1. The van der Waals surface area contributed by atoms with Crippen LogP contribution in [0.3, 0.4) is 0 Å². The van der Waals surface area contributed by atoms with Gasteiger partial charge in [0.1, 0.15) is 0 Å². The van der Waals surface area contributed by atoms with Gasteiger partial charge < -0.3 is 4.11 Å². The number of hydrogen-bond donors (Lipinski definition) is 0. The molecule has 21 heavy (non-hydrogen) atoms. The standard InChI is InChI=1S/C18H29FOSi/c1-13(2)16(20)14-9-11-15(12-10-14)21(19,17(3,4)5)18(6,7)8/h9-13H,1-8H3. The Morgan fingerprint density at radius 1 is 0.952 bits per heavy atom. The molecule has 0 aliphatic carbocycles. The Hall–Kier alpha value is -0.963. The molecule has 0 fully saturated rings. The van der Waals surface area contributed by atoms with Crippen LogP contribution in [0.1, 0.15) is 65.7 Å². The lowest BCUT2D eigenvalue weighted by Gasteiger charge is -2.44. The van der Waals surface area contributed by atoms with Crippen molar-refractivity contribution < 1.29 is 8.90 Å². The fourth-order valence-corrected chi connectivity index (χ4v) is 7.80. The van der Waals surface area contributed by atoms with Crippen LogP contribution in [0.15, 0.2) is 24.3 Å². The van der Waals surface area contributed by atoms with Gasteiger partial charge in [-0.1, -0.05) is 79.7 Å². The molecule has 0 saturated heterocycles. The molecule has 1 rings (SSSR count). The molecule has 0 saturated carbocycles. The van der Waals surface area contributed by atoms with Crippen molar-refractivity contribution in [3.63, 3.8) is 0 Å². The average molecular weight is 309 g/mol. The summed E-state index contributed by atoms with van der Waals surface area (Å²) in [5, 5.41) is -0.00767. The number of halogens is 1. The number of carbonyl (C=O) groups excluding carboxylic acids is 1. The molecule has 0 unspecified atom stereocenters. The molecule has 1 aromatic carbocycles. The minimum atomic E-state index is -3.22. The number of hydrogen-bond acceptors (Lipinski definition) is 1. The molecular formula is C18H29FOSi. The van der Waals surface area contributed by atoms with Crippen LogP contribution < -0.4 is 5.19 Å². The second-order valence-electron chi connectivity index (χ2n) is 8.25. The minimum Gasteiger partial charge on any atom is -0.307 e. The van der Waals surface area contributed by atoms with E-state index in [1.165, 1.54) is 0 Å². The van der Waals surface area contributed by atoms with Crippen LogP contribution in [0.25, 0.3) is 0 Å². The van der Waals surface area contributed by atoms with E-state index in [-0.39, 0.29) is 11.7 Å². The number of Topliss-reactive ketones (excluding diaryl/α,β-unsaturated/α-hetero) is 1. The summed E-state index contributed by atoms with van der Waals surface area (Å²) >= 11 is 0. The first-order valence-corrected chi connectivity index (χ1v) is 9.54. The monoisotopic (exact) mass is 308 g/mol. The van der Waals surface area contributed by atoms with Crippen molar-refractivity contribution in [2.24, 2.45) is 5.92 Å². The summed E-state index contributed by atoms with van der Waals surface area (Å²) in [5.41, 5.74) is 0.674. The van der Waals surface area contributed by atoms with Crippen LogP contribution in [-0.2, 0) is 0 Å². The zero-order chi connectivity index (χ0) is 16.6. The highest BCUT2D eigenvalue weighted by Crippen LogP contribution is 2.51. The highest BCUT2D eigenvalue weighted by Gasteiger charge is 2.56. The summed E-state index contributed by atoms with van der Waals surface area (Å²) in [4.78, 5) is 12.0. The molecule has 0 N–H and O–H groups in total. The van der Waals surface area contributed by atoms with E-state index in [0.29, 0.717) is 5.56 Å². The highest BCUT2D eigenvalue weighted by molar-refractivity contribution is 6.90. The van der Waals surface area contributed by atoms with Gasteiger partial charge in [-0.2, -0.15) is 0 Å². The maximum absolute atomic E-state index is 16.1.